The molecule has 1 unspecified atom stereocenters. The van der Waals surface area contributed by atoms with E-state index in [1.807, 2.05) is 108 Å². The van der Waals surface area contributed by atoms with Crippen molar-refractivity contribution in [2.45, 2.75) is 107 Å². The van der Waals surface area contributed by atoms with E-state index in [0.717, 1.165) is 46.7 Å². The van der Waals surface area contributed by atoms with Gasteiger partial charge in [0.25, 0.3) is 5.69 Å². The highest BCUT2D eigenvalue weighted by Crippen LogP contribution is 2.35. The maximum absolute atomic E-state index is 13.2. The zero-order chi connectivity index (χ0) is 37.5. The van der Waals surface area contributed by atoms with Gasteiger partial charge in [0, 0.05) is 19.0 Å². The van der Waals surface area contributed by atoms with Crippen LogP contribution in [0.4, 0.5) is 22.7 Å². The van der Waals surface area contributed by atoms with Crippen LogP contribution in [-0.4, -0.2) is 29.9 Å². The lowest BCUT2D eigenvalue weighted by atomic mass is 10.00. The van der Waals surface area contributed by atoms with Crippen molar-refractivity contribution in [1.29, 1.82) is 0 Å². The third-order valence-corrected chi connectivity index (χ3v) is 7.50. The predicted molar refractivity (Wildman–Crippen MR) is 210 cm³/mol. The fourth-order valence-electron chi connectivity index (χ4n) is 5.16. The van der Waals surface area contributed by atoms with Gasteiger partial charge in [0.05, 0.1) is 23.4 Å². The molecule has 50 heavy (non-hydrogen) atoms. The van der Waals surface area contributed by atoms with Crippen LogP contribution in [0.5, 0.6) is 5.75 Å². The van der Waals surface area contributed by atoms with Gasteiger partial charge in [-0.2, -0.15) is 0 Å². The summed E-state index contributed by atoms with van der Waals surface area (Å²) in [6.07, 6.45) is 9.89. The number of amides is 2. The largest absolute Gasteiger partial charge is 0.497 e. The molecule has 0 aliphatic carbocycles. The number of benzene rings is 3. The first-order valence-electron chi connectivity index (χ1n) is 17.9. The number of nitro benzene ring substituents is 1. The highest BCUT2D eigenvalue weighted by Gasteiger charge is 2.32. The highest BCUT2D eigenvalue weighted by atomic mass is 16.6. The lowest BCUT2D eigenvalue weighted by molar-refractivity contribution is -0.383. The summed E-state index contributed by atoms with van der Waals surface area (Å²) >= 11 is 0. The third kappa shape index (κ3) is 13.5. The van der Waals surface area contributed by atoms with Crippen LogP contribution in [0.3, 0.4) is 0 Å². The maximum atomic E-state index is 13.2. The van der Waals surface area contributed by atoms with Crippen LogP contribution >= 0.6 is 0 Å². The van der Waals surface area contributed by atoms with Crippen molar-refractivity contribution in [2.24, 2.45) is 0 Å². The molecule has 272 valence electrons. The van der Waals surface area contributed by atoms with Crippen molar-refractivity contribution >= 4 is 40.1 Å². The van der Waals surface area contributed by atoms with Crippen LogP contribution in [0, 0.1) is 10.1 Å². The topological polar surface area (TPSA) is 114 Å². The molecule has 1 atom stereocenters. The first kappa shape index (κ1) is 43.1. The minimum atomic E-state index is -0.491. The van der Waals surface area contributed by atoms with Gasteiger partial charge in [0.15, 0.2) is 0 Å². The zero-order valence-electron chi connectivity index (χ0n) is 31.5. The van der Waals surface area contributed by atoms with Crippen LogP contribution < -0.4 is 20.3 Å². The van der Waals surface area contributed by atoms with Gasteiger partial charge in [0.2, 0.25) is 11.8 Å². The van der Waals surface area contributed by atoms with E-state index >= 15 is 0 Å². The number of ether oxygens (including phenoxy) is 1. The molecule has 3 aromatic carbocycles. The molecule has 3 aromatic rings. The van der Waals surface area contributed by atoms with Crippen molar-refractivity contribution in [3.05, 3.63) is 106 Å². The Morgan fingerprint density at radius 2 is 1.66 bits per heavy atom. The number of allylic oxidation sites excluding steroid dienone is 4. The Hall–Kier alpha value is -4.92. The first-order chi connectivity index (χ1) is 24.2. The standard InChI is InChI=1S/C34H38N4O5.C3H8.2C2H6/c1-4-5-11-24(2)26-18-21-31(38(41)42)29(22-26)35-33(39)15-8-6-7-14-32-34(40)36-28-12-9-10-13-30(28)37(32)23-25-16-19-27(43-3)20-17-25;1-3-2;2*1-2/h4-5,9-13,16-22,32H,6-8,14-15,23H2,1-3H3,(H,35,39)(H,36,40);3H2,1-2H3;2*1-2H3/b5-4-,24-11+;;;. The average molecular weight is 687 g/mol. The number of carbonyl (C=O) groups excluding carboxylic acids is 2. The average Bonchev–Trinajstić information content (AvgIpc) is 3.13. The Bertz CT molecular complexity index is 1530. The number of carbonyl (C=O) groups is 2. The summed E-state index contributed by atoms with van der Waals surface area (Å²) in [6.45, 7) is 16.6. The van der Waals surface area contributed by atoms with E-state index in [9.17, 15) is 19.7 Å². The van der Waals surface area contributed by atoms with E-state index < -0.39 is 4.92 Å². The van der Waals surface area contributed by atoms with E-state index in [0.29, 0.717) is 19.4 Å². The summed E-state index contributed by atoms with van der Waals surface area (Å²) in [5, 5.41) is 17.3. The SMILES string of the molecule is C/C=C\C=C(/C)c1ccc([N+](=O)[O-])c(NC(=O)CCCCCC2C(=O)Nc3ccccc3N2Cc2ccc(OC)cc2)c1.CC.CC.CCC. The molecule has 1 aliphatic rings. The number of hydrogen-bond donors (Lipinski definition) is 2. The van der Waals surface area contributed by atoms with E-state index in [1.54, 1.807) is 19.2 Å². The Morgan fingerprint density at radius 1 is 1.00 bits per heavy atom. The summed E-state index contributed by atoms with van der Waals surface area (Å²) < 4.78 is 5.28. The number of para-hydroxylation sites is 2. The molecule has 9 heteroatoms. The van der Waals surface area contributed by atoms with E-state index in [1.165, 1.54) is 12.5 Å². The van der Waals surface area contributed by atoms with E-state index in [2.05, 4.69) is 29.4 Å². The van der Waals surface area contributed by atoms with E-state index in [4.69, 9.17) is 4.74 Å². The molecular weight excluding hydrogens is 628 g/mol. The van der Waals surface area contributed by atoms with Crippen molar-refractivity contribution < 1.29 is 19.2 Å². The quantitative estimate of drug-likeness (QED) is 0.0800. The van der Waals surface area contributed by atoms with Crippen LogP contribution in [0.25, 0.3) is 5.57 Å². The Labute approximate surface area is 300 Å². The minimum absolute atomic E-state index is 0.0454. The molecule has 1 heterocycles. The molecule has 0 bridgehead atoms. The molecule has 4 rings (SSSR count). The molecule has 0 radical (unpaired) electrons. The molecule has 0 aromatic heterocycles. The third-order valence-electron chi connectivity index (χ3n) is 7.50. The van der Waals surface area contributed by atoms with Gasteiger partial charge in [-0.25, -0.2) is 0 Å². The summed E-state index contributed by atoms with van der Waals surface area (Å²) in [4.78, 5) is 39.1. The Kier molecular flexibility index (Phi) is 20.9. The predicted octanol–water partition coefficient (Wildman–Crippen LogP) is 11.0. The van der Waals surface area contributed by atoms with Crippen LogP contribution in [-0.2, 0) is 16.1 Å². The van der Waals surface area contributed by atoms with Gasteiger partial charge in [-0.15, -0.1) is 0 Å². The number of nitrogens with zero attached hydrogens (tertiary/aromatic N) is 2. The normalized spacial score (nSPS) is 13.3. The fraction of sp³-hybridized carbons (Fsp3) is 0.415. The Morgan fingerprint density at radius 3 is 2.28 bits per heavy atom. The molecule has 9 nitrogen and oxygen atoms in total. The number of methoxy groups -OCH3 is 1. The van der Waals surface area contributed by atoms with Crippen molar-refractivity contribution in [3.63, 3.8) is 0 Å². The summed E-state index contributed by atoms with van der Waals surface area (Å²) in [5.41, 5.74) is 4.60. The number of rotatable bonds is 13. The van der Waals surface area contributed by atoms with Crippen molar-refractivity contribution in [2.75, 3.05) is 22.6 Å². The minimum Gasteiger partial charge on any atom is -0.497 e. The second-order valence-corrected chi connectivity index (χ2v) is 11.2. The number of nitro groups is 1. The lowest BCUT2D eigenvalue weighted by Gasteiger charge is -2.38. The lowest BCUT2D eigenvalue weighted by Crippen LogP contribution is -2.47. The smallest absolute Gasteiger partial charge is 0.292 e. The number of anilines is 3. The van der Waals surface area contributed by atoms with Crippen molar-refractivity contribution in [1.82, 2.24) is 0 Å². The van der Waals surface area contributed by atoms with Gasteiger partial charge < -0.3 is 20.3 Å². The number of hydrogen-bond acceptors (Lipinski definition) is 6. The second-order valence-electron chi connectivity index (χ2n) is 11.2. The highest BCUT2D eigenvalue weighted by molar-refractivity contribution is 6.03. The van der Waals surface area contributed by atoms with Gasteiger partial charge >= 0.3 is 0 Å². The van der Waals surface area contributed by atoms with Gasteiger partial charge in [-0.3, -0.25) is 19.7 Å². The summed E-state index contributed by atoms with van der Waals surface area (Å²) in [7, 11) is 1.63. The zero-order valence-corrected chi connectivity index (χ0v) is 31.5. The molecule has 0 spiro atoms. The molecule has 2 N–H and O–H groups in total. The number of unbranched alkanes of at least 4 members (excludes halogenated alkanes) is 2. The Balaban J connectivity index is 0.00000166. The molecule has 1 aliphatic heterocycles. The van der Waals surface area contributed by atoms with Crippen molar-refractivity contribution in [3.8, 4) is 5.75 Å². The summed E-state index contributed by atoms with van der Waals surface area (Å²) in [6, 6.07) is 20.0. The first-order valence-corrected chi connectivity index (χ1v) is 17.9. The second kappa shape index (κ2) is 24.3. The molecule has 2 amide bonds. The molecular formula is C41H58N4O5. The molecule has 0 saturated carbocycles. The number of nitrogens with one attached hydrogen (secondary N) is 2. The van der Waals surface area contributed by atoms with Crippen LogP contribution in [0.2, 0.25) is 0 Å². The van der Waals surface area contributed by atoms with Gasteiger partial charge in [-0.05, 0) is 79.8 Å². The van der Waals surface area contributed by atoms with Crippen LogP contribution in [0.15, 0.2) is 85.0 Å². The molecule has 0 saturated heterocycles. The van der Waals surface area contributed by atoms with Gasteiger partial charge in [0.1, 0.15) is 17.5 Å². The maximum Gasteiger partial charge on any atom is 0.292 e. The number of fused-ring (bicyclic) bond motifs is 1. The molecule has 0 fully saturated rings. The summed E-state index contributed by atoms with van der Waals surface area (Å²) in [5.74, 6) is 0.455. The van der Waals surface area contributed by atoms with Gasteiger partial charge in [-0.1, -0.05) is 103 Å². The van der Waals surface area contributed by atoms with Crippen LogP contribution in [0.1, 0.15) is 105 Å². The monoisotopic (exact) mass is 686 g/mol. The fourth-order valence-corrected chi connectivity index (χ4v) is 5.16. The van der Waals surface area contributed by atoms with E-state index in [-0.39, 0.29) is 35.7 Å².